The first-order valence-corrected chi connectivity index (χ1v) is 8.10. The summed E-state index contributed by atoms with van der Waals surface area (Å²) in [5.74, 6) is 0.152. The molecule has 1 saturated heterocycles. The molecule has 23 heavy (non-hydrogen) atoms. The Balaban J connectivity index is 1.80. The highest BCUT2D eigenvalue weighted by Gasteiger charge is 2.18. The molecule has 0 atom stereocenters. The van der Waals surface area contributed by atoms with E-state index in [2.05, 4.69) is 29.2 Å². The van der Waals surface area contributed by atoms with E-state index in [-0.39, 0.29) is 5.91 Å². The molecular weight excluding hydrogens is 286 g/mol. The minimum absolute atomic E-state index is 0.152. The van der Waals surface area contributed by atoms with Crippen LogP contribution in [0, 0.1) is 0 Å². The smallest absolute Gasteiger partial charge is 0.219 e. The van der Waals surface area contributed by atoms with Gasteiger partial charge >= 0.3 is 0 Å². The summed E-state index contributed by atoms with van der Waals surface area (Å²) in [4.78, 5) is 15.7. The molecule has 0 unspecified atom stereocenters. The molecule has 0 saturated carbocycles. The lowest BCUT2D eigenvalue weighted by Crippen LogP contribution is -2.33. The van der Waals surface area contributed by atoms with Gasteiger partial charge in [0.1, 0.15) is 0 Å². The summed E-state index contributed by atoms with van der Waals surface area (Å²) in [6.07, 6.45) is 0.972. The van der Waals surface area contributed by atoms with E-state index >= 15 is 0 Å². The predicted molar refractivity (Wildman–Crippen MR) is 95.4 cm³/mol. The van der Waals surface area contributed by atoms with Crippen LogP contribution in [0.1, 0.15) is 13.3 Å². The highest BCUT2D eigenvalue weighted by molar-refractivity contribution is 5.77. The van der Waals surface area contributed by atoms with Gasteiger partial charge in [-0.05, 0) is 29.7 Å². The van der Waals surface area contributed by atoms with Crippen molar-refractivity contribution in [2.75, 3.05) is 36.8 Å². The van der Waals surface area contributed by atoms with E-state index in [1.54, 1.807) is 6.92 Å². The van der Waals surface area contributed by atoms with Crippen LogP contribution in [-0.2, 0) is 4.79 Å². The van der Waals surface area contributed by atoms with Gasteiger partial charge in [-0.1, -0.05) is 36.4 Å². The van der Waals surface area contributed by atoms with Gasteiger partial charge in [0, 0.05) is 33.1 Å². The SMILES string of the molecule is CC(=O)N1CCCN(c2ccc(-c3ccccc3)cc2N)CC1. The standard InChI is InChI=1S/C19H23N3O/c1-15(23)21-10-5-11-22(13-12-21)19-9-8-17(14-18(19)20)16-6-3-2-4-7-16/h2-4,6-9,14H,5,10-13,20H2,1H3. The first-order chi connectivity index (χ1) is 11.1. The summed E-state index contributed by atoms with van der Waals surface area (Å²) in [5, 5.41) is 0. The Bertz CT molecular complexity index is 684. The van der Waals surface area contributed by atoms with Crippen LogP contribution in [0.15, 0.2) is 48.5 Å². The number of nitrogens with zero attached hydrogens (tertiary/aromatic N) is 2. The fourth-order valence-electron chi connectivity index (χ4n) is 3.13. The molecule has 2 aromatic rings. The zero-order chi connectivity index (χ0) is 16.2. The Kier molecular flexibility index (Phi) is 4.51. The minimum atomic E-state index is 0.152. The molecule has 0 spiro atoms. The Labute approximate surface area is 137 Å². The van der Waals surface area contributed by atoms with E-state index in [1.807, 2.05) is 29.2 Å². The lowest BCUT2D eigenvalue weighted by atomic mass is 10.0. The Morgan fingerprint density at radius 1 is 0.957 bits per heavy atom. The van der Waals surface area contributed by atoms with Crippen LogP contribution in [0.25, 0.3) is 11.1 Å². The van der Waals surface area contributed by atoms with Gasteiger partial charge in [-0.3, -0.25) is 4.79 Å². The first-order valence-electron chi connectivity index (χ1n) is 8.10. The number of carbonyl (C=O) groups excluding carboxylic acids is 1. The van der Waals surface area contributed by atoms with Gasteiger partial charge in [0.2, 0.25) is 5.91 Å². The average Bonchev–Trinajstić information content (AvgIpc) is 2.82. The van der Waals surface area contributed by atoms with Crippen LogP contribution in [0.3, 0.4) is 0 Å². The molecule has 0 aromatic heterocycles. The normalized spacial score (nSPS) is 15.3. The van der Waals surface area contributed by atoms with Crippen LogP contribution >= 0.6 is 0 Å². The molecule has 0 radical (unpaired) electrons. The van der Waals surface area contributed by atoms with E-state index in [1.165, 1.54) is 5.56 Å². The number of rotatable bonds is 2. The molecule has 120 valence electrons. The Morgan fingerprint density at radius 2 is 1.74 bits per heavy atom. The van der Waals surface area contributed by atoms with E-state index in [4.69, 9.17) is 5.73 Å². The molecule has 4 heteroatoms. The van der Waals surface area contributed by atoms with Crippen LogP contribution in [-0.4, -0.2) is 37.0 Å². The van der Waals surface area contributed by atoms with Gasteiger partial charge in [-0.15, -0.1) is 0 Å². The molecule has 2 aromatic carbocycles. The van der Waals surface area contributed by atoms with Crippen molar-refractivity contribution in [3.63, 3.8) is 0 Å². The molecule has 2 N–H and O–H groups in total. The van der Waals surface area contributed by atoms with Crippen molar-refractivity contribution in [3.05, 3.63) is 48.5 Å². The van der Waals surface area contributed by atoms with Gasteiger partial charge in [0.05, 0.1) is 11.4 Å². The second-order valence-corrected chi connectivity index (χ2v) is 5.99. The molecule has 1 fully saturated rings. The molecule has 1 aliphatic heterocycles. The van der Waals surface area contributed by atoms with Crippen molar-refractivity contribution in [2.45, 2.75) is 13.3 Å². The summed E-state index contributed by atoms with van der Waals surface area (Å²) >= 11 is 0. The summed E-state index contributed by atoms with van der Waals surface area (Å²) in [6, 6.07) is 16.5. The largest absolute Gasteiger partial charge is 0.397 e. The van der Waals surface area contributed by atoms with Crippen molar-refractivity contribution in [3.8, 4) is 11.1 Å². The van der Waals surface area contributed by atoms with E-state index < -0.39 is 0 Å². The third-order valence-corrected chi connectivity index (χ3v) is 4.42. The second-order valence-electron chi connectivity index (χ2n) is 5.99. The maximum Gasteiger partial charge on any atom is 0.219 e. The molecule has 1 aliphatic rings. The number of carbonyl (C=O) groups is 1. The van der Waals surface area contributed by atoms with Gasteiger partial charge in [0.15, 0.2) is 0 Å². The third-order valence-electron chi connectivity index (χ3n) is 4.42. The molecule has 0 bridgehead atoms. The number of amides is 1. The summed E-state index contributed by atoms with van der Waals surface area (Å²) in [5.41, 5.74) is 10.5. The molecule has 3 rings (SSSR count). The van der Waals surface area contributed by atoms with Crippen molar-refractivity contribution >= 4 is 17.3 Å². The van der Waals surface area contributed by atoms with E-state index in [0.29, 0.717) is 0 Å². The number of hydrogen-bond donors (Lipinski definition) is 1. The molecule has 1 amide bonds. The number of nitrogen functional groups attached to an aromatic ring is 1. The molecule has 4 nitrogen and oxygen atoms in total. The number of benzene rings is 2. The highest BCUT2D eigenvalue weighted by Crippen LogP contribution is 2.30. The Hall–Kier alpha value is -2.49. The van der Waals surface area contributed by atoms with Crippen LogP contribution in [0.2, 0.25) is 0 Å². The summed E-state index contributed by atoms with van der Waals surface area (Å²) in [7, 11) is 0. The van der Waals surface area contributed by atoms with Crippen LogP contribution in [0.5, 0.6) is 0 Å². The van der Waals surface area contributed by atoms with Gasteiger partial charge < -0.3 is 15.5 Å². The third kappa shape index (κ3) is 3.47. The fourth-order valence-corrected chi connectivity index (χ4v) is 3.13. The molecular formula is C19H23N3O. The highest BCUT2D eigenvalue weighted by atomic mass is 16.2. The number of hydrogen-bond acceptors (Lipinski definition) is 3. The molecule has 0 aliphatic carbocycles. The van der Waals surface area contributed by atoms with Crippen molar-refractivity contribution in [2.24, 2.45) is 0 Å². The van der Waals surface area contributed by atoms with Crippen molar-refractivity contribution in [1.82, 2.24) is 4.90 Å². The molecule has 1 heterocycles. The van der Waals surface area contributed by atoms with Gasteiger partial charge in [0.25, 0.3) is 0 Å². The van der Waals surface area contributed by atoms with Crippen LogP contribution < -0.4 is 10.6 Å². The zero-order valence-electron chi connectivity index (χ0n) is 13.5. The van der Waals surface area contributed by atoms with E-state index in [0.717, 1.165) is 49.5 Å². The maximum atomic E-state index is 11.5. The lowest BCUT2D eigenvalue weighted by Gasteiger charge is -2.25. The van der Waals surface area contributed by atoms with E-state index in [9.17, 15) is 4.79 Å². The number of nitrogens with two attached hydrogens (primary N) is 1. The Morgan fingerprint density at radius 3 is 2.43 bits per heavy atom. The lowest BCUT2D eigenvalue weighted by molar-refractivity contribution is -0.128. The van der Waals surface area contributed by atoms with Crippen LogP contribution in [0.4, 0.5) is 11.4 Å². The fraction of sp³-hybridized carbons (Fsp3) is 0.316. The average molecular weight is 309 g/mol. The summed E-state index contributed by atoms with van der Waals surface area (Å²) < 4.78 is 0. The van der Waals surface area contributed by atoms with Crippen molar-refractivity contribution < 1.29 is 4.79 Å². The zero-order valence-corrected chi connectivity index (χ0v) is 13.5. The van der Waals surface area contributed by atoms with Crippen molar-refractivity contribution in [1.29, 1.82) is 0 Å². The summed E-state index contributed by atoms with van der Waals surface area (Å²) in [6.45, 7) is 4.98. The maximum absolute atomic E-state index is 11.5. The second kappa shape index (κ2) is 6.73. The topological polar surface area (TPSA) is 49.6 Å². The minimum Gasteiger partial charge on any atom is -0.397 e. The van der Waals surface area contributed by atoms with Gasteiger partial charge in [-0.2, -0.15) is 0 Å². The predicted octanol–water partition coefficient (Wildman–Crippen LogP) is 2.99. The monoisotopic (exact) mass is 309 g/mol. The quantitative estimate of drug-likeness (QED) is 0.868. The number of anilines is 2. The van der Waals surface area contributed by atoms with Gasteiger partial charge in [-0.25, -0.2) is 0 Å². The first kappa shape index (κ1) is 15.4.